The van der Waals surface area contributed by atoms with Gasteiger partial charge in [-0.1, -0.05) is 29.8 Å². The zero-order chi connectivity index (χ0) is 27.5. The van der Waals surface area contributed by atoms with Gasteiger partial charge in [0.2, 0.25) is 11.8 Å². The highest BCUT2D eigenvalue weighted by molar-refractivity contribution is 7.09. The van der Waals surface area contributed by atoms with Crippen molar-refractivity contribution in [2.24, 2.45) is 17.8 Å². The molecule has 0 unspecified atom stereocenters. The number of thiophene rings is 1. The first-order chi connectivity index (χ1) is 18.9. The molecule has 1 aliphatic carbocycles. The highest BCUT2D eigenvalue weighted by Gasteiger charge is 2.54. The molecule has 2 aliphatic rings. The summed E-state index contributed by atoms with van der Waals surface area (Å²) in [5, 5.41) is 33.7. The molecule has 1 saturated heterocycles. The highest BCUT2D eigenvalue weighted by Crippen LogP contribution is 2.46. The minimum Gasteiger partial charge on any atom is -0.508 e. The van der Waals surface area contributed by atoms with Gasteiger partial charge in [0.1, 0.15) is 5.75 Å². The van der Waals surface area contributed by atoms with Gasteiger partial charge in [0.25, 0.3) is 0 Å². The zero-order valence-electron chi connectivity index (χ0n) is 21.7. The van der Waals surface area contributed by atoms with E-state index in [9.17, 15) is 24.9 Å². The quantitative estimate of drug-likeness (QED) is 0.267. The summed E-state index contributed by atoms with van der Waals surface area (Å²) in [6, 6.07) is 16.4. The van der Waals surface area contributed by atoms with Gasteiger partial charge in [-0.05, 0) is 84.7 Å². The van der Waals surface area contributed by atoms with Crippen LogP contribution < -0.4 is 0 Å². The van der Waals surface area contributed by atoms with E-state index < -0.39 is 23.9 Å². The van der Waals surface area contributed by atoms with Gasteiger partial charge in [-0.2, -0.15) is 0 Å². The first-order valence-corrected chi connectivity index (χ1v) is 14.0. The molecule has 3 heterocycles. The van der Waals surface area contributed by atoms with Crippen molar-refractivity contribution in [3.05, 3.63) is 93.5 Å². The molecule has 0 radical (unpaired) electrons. The van der Waals surface area contributed by atoms with Gasteiger partial charge in [0.15, 0.2) is 0 Å². The van der Waals surface area contributed by atoms with E-state index in [1.807, 2.05) is 54.8 Å². The molecule has 5 rings (SSSR count). The van der Waals surface area contributed by atoms with Crippen molar-refractivity contribution in [2.45, 2.75) is 38.8 Å². The number of benzene rings is 1. The first-order valence-electron chi connectivity index (χ1n) is 13.1. The summed E-state index contributed by atoms with van der Waals surface area (Å²) >= 11 is 1.50. The van der Waals surface area contributed by atoms with E-state index in [1.54, 1.807) is 24.4 Å². The molecule has 0 saturated carbocycles. The number of hydrogen-bond donors (Lipinski definition) is 3. The molecule has 3 aromatic rings. The van der Waals surface area contributed by atoms with Crippen molar-refractivity contribution >= 4 is 34.8 Å². The maximum Gasteiger partial charge on any atom is 0.234 e. The van der Waals surface area contributed by atoms with Gasteiger partial charge in [-0.25, -0.2) is 0 Å². The van der Waals surface area contributed by atoms with Gasteiger partial charge in [-0.3, -0.25) is 19.5 Å². The summed E-state index contributed by atoms with van der Waals surface area (Å²) in [7, 11) is 0. The minimum absolute atomic E-state index is 0.163. The average molecular weight is 545 g/mol. The Morgan fingerprint density at radius 2 is 2.00 bits per heavy atom. The summed E-state index contributed by atoms with van der Waals surface area (Å²) in [4.78, 5) is 33.4. The number of carbonyl (C=O) groups excluding carboxylic acids is 2. The van der Waals surface area contributed by atoms with Gasteiger partial charge in [-0.15, -0.1) is 11.3 Å². The fourth-order valence-corrected chi connectivity index (χ4v) is 6.68. The van der Waals surface area contributed by atoms with Crippen LogP contribution in [0.5, 0.6) is 5.75 Å². The number of likely N-dealkylation sites (tertiary alicyclic amines) is 1. The number of carbonyl (C=O) groups is 2. The topological polar surface area (TPSA) is 111 Å². The highest BCUT2D eigenvalue weighted by atomic mass is 32.1. The summed E-state index contributed by atoms with van der Waals surface area (Å²) < 4.78 is 0. The van der Waals surface area contributed by atoms with E-state index in [2.05, 4.69) is 4.98 Å². The van der Waals surface area contributed by atoms with E-state index in [-0.39, 0.29) is 30.7 Å². The van der Waals surface area contributed by atoms with E-state index in [0.717, 1.165) is 27.3 Å². The monoisotopic (exact) mass is 544 g/mol. The predicted octanol–water partition coefficient (Wildman–Crippen LogP) is 4.66. The number of nitrogens with zero attached hydrogens (tertiary/aromatic N) is 2. The van der Waals surface area contributed by atoms with Crippen molar-refractivity contribution in [1.29, 1.82) is 0 Å². The van der Waals surface area contributed by atoms with Gasteiger partial charge < -0.3 is 15.3 Å². The molecule has 2 aromatic heterocycles. The molecular weight excluding hydrogens is 512 g/mol. The molecule has 39 heavy (non-hydrogen) atoms. The Hall–Kier alpha value is -3.59. The molecular formula is C31H32N2O5S. The Morgan fingerprint density at radius 1 is 1.15 bits per heavy atom. The third kappa shape index (κ3) is 5.59. The number of pyridine rings is 1. The Labute approximate surface area is 231 Å². The summed E-state index contributed by atoms with van der Waals surface area (Å²) in [5.74, 6) is -2.11. The van der Waals surface area contributed by atoms with Crippen molar-refractivity contribution in [3.8, 4) is 5.75 Å². The van der Waals surface area contributed by atoms with Gasteiger partial charge in [0.05, 0.1) is 36.8 Å². The molecule has 0 spiro atoms. The Kier molecular flexibility index (Phi) is 8.07. The van der Waals surface area contributed by atoms with Crippen LogP contribution in [0.4, 0.5) is 0 Å². The number of allylic oxidation sites excluding steroid dienone is 2. The maximum atomic E-state index is 13.5. The molecule has 7 nitrogen and oxygen atoms in total. The maximum absolute atomic E-state index is 13.5. The van der Waals surface area contributed by atoms with Crippen molar-refractivity contribution in [3.63, 3.8) is 0 Å². The van der Waals surface area contributed by atoms with E-state index in [1.165, 1.54) is 16.2 Å². The smallest absolute Gasteiger partial charge is 0.234 e. The summed E-state index contributed by atoms with van der Waals surface area (Å²) in [6.45, 7) is 1.81. The van der Waals surface area contributed by atoms with Crippen LogP contribution in [0.3, 0.4) is 0 Å². The Balaban J connectivity index is 1.37. The molecule has 1 aliphatic heterocycles. The van der Waals surface area contributed by atoms with Crippen molar-refractivity contribution in [1.82, 2.24) is 9.88 Å². The normalized spacial score (nSPS) is 22.4. The molecule has 3 N–H and O–H groups in total. The molecule has 202 valence electrons. The van der Waals surface area contributed by atoms with Crippen LogP contribution in [0.25, 0.3) is 11.6 Å². The van der Waals surface area contributed by atoms with Crippen LogP contribution in [0.2, 0.25) is 0 Å². The number of fused-ring (bicyclic) bond motifs is 1. The molecule has 8 heteroatoms. The number of phenolic OH excluding ortho intramolecular Hbond substituents is 1. The standard InChI is InChI=1S/C31H32N2O5S/c1-19-14-24-29(31(38)33(30(24)37)17-23-8-5-13-39-23)25(18-34)28(19)27(36)11-10-21(26-9-2-3-12-32-26)15-20-6-4-7-22(35)16-20/h2-9,12-13,15-16,24-25,27,29,34-36H,10-11,14,17-18H2,1H3/b21-15-/t24-,25+,27-,29-/m1/s1. The minimum atomic E-state index is -0.895. The fraction of sp³-hybridized carbons (Fsp3) is 0.323. The van der Waals surface area contributed by atoms with Crippen molar-refractivity contribution in [2.75, 3.05) is 6.61 Å². The van der Waals surface area contributed by atoms with Crippen LogP contribution in [-0.2, 0) is 16.1 Å². The number of phenols is 1. The lowest BCUT2D eigenvalue weighted by molar-refractivity contribution is -0.140. The van der Waals surface area contributed by atoms with Crippen LogP contribution in [0.15, 0.2) is 77.3 Å². The number of amides is 2. The summed E-state index contributed by atoms with van der Waals surface area (Å²) in [6.07, 6.45) is 3.98. The van der Waals surface area contributed by atoms with Gasteiger partial charge >= 0.3 is 0 Å². The lowest BCUT2D eigenvalue weighted by atomic mass is 9.68. The Morgan fingerprint density at radius 3 is 2.69 bits per heavy atom. The zero-order valence-corrected chi connectivity index (χ0v) is 22.6. The number of rotatable bonds is 9. The van der Waals surface area contributed by atoms with E-state index in [4.69, 9.17) is 0 Å². The second kappa shape index (κ2) is 11.7. The van der Waals surface area contributed by atoms with Gasteiger partial charge in [0, 0.05) is 17.0 Å². The number of aromatic nitrogens is 1. The van der Waals surface area contributed by atoms with Crippen molar-refractivity contribution < 1.29 is 24.9 Å². The van der Waals surface area contributed by atoms with Crippen LogP contribution >= 0.6 is 11.3 Å². The van der Waals surface area contributed by atoms with E-state index in [0.29, 0.717) is 24.8 Å². The predicted molar refractivity (Wildman–Crippen MR) is 150 cm³/mol. The molecule has 4 atom stereocenters. The molecule has 1 fully saturated rings. The average Bonchev–Trinajstić information content (AvgIpc) is 3.53. The van der Waals surface area contributed by atoms with E-state index >= 15 is 0 Å². The largest absolute Gasteiger partial charge is 0.508 e. The SMILES string of the molecule is CC1=C([C@H](O)CC/C(=C/c2cccc(O)c2)c2ccccn2)[C@H](CO)[C@@H]2C(=O)N(Cc3cccs3)C(=O)[C@@H]2C1. The number of hydrogen-bond acceptors (Lipinski definition) is 7. The lowest BCUT2D eigenvalue weighted by Gasteiger charge is -2.35. The van der Waals surface area contributed by atoms with Crippen LogP contribution in [0.1, 0.15) is 42.3 Å². The van der Waals surface area contributed by atoms with Crippen LogP contribution in [-0.4, -0.2) is 49.7 Å². The summed E-state index contributed by atoms with van der Waals surface area (Å²) in [5.41, 5.74) is 3.99. The third-order valence-corrected chi connectivity index (χ3v) is 8.62. The molecule has 1 aromatic carbocycles. The molecule has 0 bridgehead atoms. The number of aliphatic hydroxyl groups excluding tert-OH is 2. The van der Waals surface area contributed by atoms with Crippen LogP contribution in [0, 0.1) is 17.8 Å². The second-order valence-corrected chi connectivity index (χ2v) is 11.3. The third-order valence-electron chi connectivity index (χ3n) is 7.76. The Bertz CT molecular complexity index is 1400. The number of aromatic hydroxyl groups is 1. The molecule has 2 amide bonds. The lowest BCUT2D eigenvalue weighted by Crippen LogP contribution is -2.38. The number of aliphatic hydroxyl groups is 2. The fourth-order valence-electron chi connectivity index (χ4n) is 5.99. The second-order valence-electron chi connectivity index (χ2n) is 10.2. The number of imide groups is 1. The first kappa shape index (κ1) is 27.0.